The summed E-state index contributed by atoms with van der Waals surface area (Å²) in [6.07, 6.45) is 0. The molecule has 0 rings (SSSR count). The molecule has 0 aliphatic heterocycles. The zero-order valence-corrected chi connectivity index (χ0v) is 14.5. The van der Waals surface area contributed by atoms with E-state index in [1.165, 1.54) is 0 Å². The molecule has 1 heteroatoms. The van der Waals surface area contributed by atoms with Gasteiger partial charge in [0.05, 0.1) is 0 Å². The molecule has 0 aromatic rings. The highest BCUT2D eigenvalue weighted by Gasteiger charge is 2.39. The summed E-state index contributed by atoms with van der Waals surface area (Å²) < 4.78 is 0. The fraction of sp³-hybridized carbons (Fsp3) is 1.00. The summed E-state index contributed by atoms with van der Waals surface area (Å²) >= 11 is 0. The average Bonchev–Trinajstić information content (AvgIpc) is 2.23. The summed E-state index contributed by atoms with van der Waals surface area (Å²) in [4.78, 5) is 0. The van der Waals surface area contributed by atoms with Crippen LogP contribution >= 0.6 is 0 Å². The van der Waals surface area contributed by atoms with Crippen molar-refractivity contribution in [2.24, 2.45) is 35.0 Å². The normalized spacial score (nSPS) is 18.5. The van der Waals surface area contributed by atoms with Crippen molar-refractivity contribution in [3.8, 4) is 0 Å². The maximum atomic E-state index is 3.57. The van der Waals surface area contributed by atoms with Crippen LogP contribution in [0.25, 0.3) is 0 Å². The Morgan fingerprint density at radius 3 is 1.44 bits per heavy atom. The molecule has 18 heavy (non-hydrogen) atoms. The van der Waals surface area contributed by atoms with Gasteiger partial charge in [-0.1, -0.05) is 62.3 Å². The molecule has 0 radical (unpaired) electrons. The number of hydrogen-bond donors (Lipinski definition) is 1. The standard InChI is InChI=1S/C17H37N/c1-11(2)15(16(18-10)12(3)4)14(7)17(8,9)13(5)6/h11-16,18H,1-10H3. The van der Waals surface area contributed by atoms with Crippen LogP contribution in [-0.2, 0) is 0 Å². The van der Waals surface area contributed by atoms with Crippen molar-refractivity contribution >= 4 is 0 Å². The Balaban J connectivity index is 5.24. The molecule has 1 N–H and O–H groups in total. The van der Waals surface area contributed by atoms with E-state index in [-0.39, 0.29) is 0 Å². The smallest absolute Gasteiger partial charge is 0.0120 e. The van der Waals surface area contributed by atoms with Crippen molar-refractivity contribution in [1.82, 2.24) is 5.32 Å². The van der Waals surface area contributed by atoms with Gasteiger partial charge >= 0.3 is 0 Å². The summed E-state index contributed by atoms with van der Waals surface area (Å²) in [5.74, 6) is 3.58. The van der Waals surface area contributed by atoms with Crippen LogP contribution in [0.4, 0.5) is 0 Å². The molecular formula is C17H37N. The molecule has 1 nitrogen and oxygen atoms in total. The van der Waals surface area contributed by atoms with Gasteiger partial charge in [-0.25, -0.2) is 0 Å². The summed E-state index contributed by atoms with van der Waals surface area (Å²) in [6.45, 7) is 21.5. The van der Waals surface area contributed by atoms with Gasteiger partial charge in [0, 0.05) is 6.04 Å². The van der Waals surface area contributed by atoms with E-state index >= 15 is 0 Å². The Labute approximate surface area is 116 Å². The van der Waals surface area contributed by atoms with Gasteiger partial charge in [-0.15, -0.1) is 0 Å². The Bertz CT molecular complexity index is 228. The van der Waals surface area contributed by atoms with E-state index in [0.29, 0.717) is 17.4 Å². The van der Waals surface area contributed by atoms with E-state index in [9.17, 15) is 0 Å². The molecule has 0 saturated heterocycles. The van der Waals surface area contributed by atoms with Crippen LogP contribution in [0, 0.1) is 35.0 Å². The molecule has 0 heterocycles. The van der Waals surface area contributed by atoms with Crippen LogP contribution < -0.4 is 5.32 Å². The second kappa shape index (κ2) is 6.93. The average molecular weight is 255 g/mol. The first-order valence-electron chi connectivity index (χ1n) is 7.74. The number of hydrogen-bond acceptors (Lipinski definition) is 1. The Kier molecular flexibility index (Phi) is 6.92. The molecule has 0 fully saturated rings. The molecule has 0 bridgehead atoms. The highest BCUT2D eigenvalue weighted by Crippen LogP contribution is 2.43. The van der Waals surface area contributed by atoms with Crippen molar-refractivity contribution in [3.63, 3.8) is 0 Å². The maximum Gasteiger partial charge on any atom is 0.0120 e. The van der Waals surface area contributed by atoms with Crippen molar-refractivity contribution < 1.29 is 0 Å². The van der Waals surface area contributed by atoms with Crippen molar-refractivity contribution in [1.29, 1.82) is 0 Å². The first-order chi connectivity index (χ1) is 8.07. The Morgan fingerprint density at radius 2 is 1.22 bits per heavy atom. The molecule has 0 amide bonds. The van der Waals surface area contributed by atoms with Crippen LogP contribution in [0.15, 0.2) is 0 Å². The van der Waals surface area contributed by atoms with Gasteiger partial charge in [0.1, 0.15) is 0 Å². The van der Waals surface area contributed by atoms with Gasteiger partial charge in [0.25, 0.3) is 0 Å². The van der Waals surface area contributed by atoms with Gasteiger partial charge in [0.2, 0.25) is 0 Å². The quantitative estimate of drug-likeness (QED) is 0.687. The van der Waals surface area contributed by atoms with Crippen LogP contribution in [0.3, 0.4) is 0 Å². The first kappa shape index (κ1) is 18.0. The van der Waals surface area contributed by atoms with E-state index in [1.807, 2.05) is 0 Å². The van der Waals surface area contributed by atoms with E-state index in [1.54, 1.807) is 0 Å². The molecule has 0 aromatic carbocycles. The molecular weight excluding hydrogens is 218 g/mol. The lowest BCUT2D eigenvalue weighted by atomic mass is 9.61. The summed E-state index contributed by atoms with van der Waals surface area (Å²) in [5, 5.41) is 3.57. The minimum Gasteiger partial charge on any atom is -0.316 e. The fourth-order valence-corrected chi connectivity index (χ4v) is 3.30. The molecule has 0 spiro atoms. The minimum atomic E-state index is 0.388. The lowest BCUT2D eigenvalue weighted by Crippen LogP contribution is -2.48. The predicted octanol–water partition coefficient (Wildman–Crippen LogP) is 4.82. The SMILES string of the molecule is CNC(C(C)C)C(C(C)C)C(C)C(C)(C)C(C)C. The van der Waals surface area contributed by atoms with Crippen LogP contribution in [0.1, 0.15) is 62.3 Å². The summed E-state index contributed by atoms with van der Waals surface area (Å²) in [6, 6.07) is 0.609. The van der Waals surface area contributed by atoms with Gasteiger partial charge < -0.3 is 5.32 Å². The topological polar surface area (TPSA) is 12.0 Å². The van der Waals surface area contributed by atoms with Crippen molar-refractivity contribution in [2.45, 2.75) is 68.4 Å². The molecule has 3 atom stereocenters. The number of rotatable bonds is 7. The highest BCUT2D eigenvalue weighted by molar-refractivity contribution is 4.91. The molecule has 110 valence electrons. The van der Waals surface area contributed by atoms with Crippen molar-refractivity contribution in [3.05, 3.63) is 0 Å². The fourth-order valence-electron chi connectivity index (χ4n) is 3.30. The third-order valence-corrected chi connectivity index (χ3v) is 5.47. The zero-order valence-electron chi connectivity index (χ0n) is 14.5. The van der Waals surface area contributed by atoms with Gasteiger partial charge in [-0.3, -0.25) is 0 Å². The van der Waals surface area contributed by atoms with Gasteiger partial charge in [-0.2, -0.15) is 0 Å². The van der Waals surface area contributed by atoms with E-state index in [4.69, 9.17) is 0 Å². The van der Waals surface area contributed by atoms with Crippen LogP contribution in [0.5, 0.6) is 0 Å². The number of nitrogens with one attached hydrogen (secondary N) is 1. The third kappa shape index (κ3) is 3.98. The zero-order chi connectivity index (χ0) is 14.7. The third-order valence-electron chi connectivity index (χ3n) is 5.47. The first-order valence-corrected chi connectivity index (χ1v) is 7.74. The summed E-state index contributed by atoms with van der Waals surface area (Å²) in [7, 11) is 2.12. The van der Waals surface area contributed by atoms with Crippen LogP contribution in [-0.4, -0.2) is 13.1 Å². The second-order valence-electron chi connectivity index (χ2n) is 7.64. The largest absolute Gasteiger partial charge is 0.316 e. The molecule has 0 saturated carbocycles. The Hall–Kier alpha value is -0.0400. The molecule has 0 aliphatic rings. The Morgan fingerprint density at radius 1 is 0.778 bits per heavy atom. The highest BCUT2D eigenvalue weighted by atomic mass is 14.9. The lowest BCUT2D eigenvalue weighted by molar-refractivity contribution is 0.0443. The van der Waals surface area contributed by atoms with Gasteiger partial charge in [0.15, 0.2) is 0 Å². The predicted molar refractivity (Wildman–Crippen MR) is 83.8 cm³/mol. The molecule has 0 aliphatic carbocycles. The van der Waals surface area contributed by atoms with Gasteiger partial charge in [-0.05, 0) is 42.1 Å². The van der Waals surface area contributed by atoms with Crippen LogP contribution in [0.2, 0.25) is 0 Å². The van der Waals surface area contributed by atoms with Crippen molar-refractivity contribution in [2.75, 3.05) is 7.05 Å². The van der Waals surface area contributed by atoms with E-state index in [0.717, 1.165) is 23.7 Å². The minimum absolute atomic E-state index is 0.388. The van der Waals surface area contributed by atoms with E-state index < -0.39 is 0 Å². The monoisotopic (exact) mass is 255 g/mol. The molecule has 3 unspecified atom stereocenters. The van der Waals surface area contributed by atoms with E-state index in [2.05, 4.69) is 74.7 Å². The second-order valence-corrected chi connectivity index (χ2v) is 7.64. The lowest BCUT2D eigenvalue weighted by Gasteiger charge is -2.46. The summed E-state index contributed by atoms with van der Waals surface area (Å²) in [5.41, 5.74) is 0.388. The maximum absolute atomic E-state index is 3.57. The molecule has 0 aromatic heterocycles.